The minimum absolute atomic E-state index is 0.0991. The van der Waals surface area contributed by atoms with Crippen molar-refractivity contribution in [2.45, 2.75) is 0 Å². The second-order valence-corrected chi connectivity index (χ2v) is 5.91. The molecule has 0 aliphatic rings. The van der Waals surface area contributed by atoms with Gasteiger partial charge in [-0.05, 0) is 60.7 Å². The summed E-state index contributed by atoms with van der Waals surface area (Å²) in [4.78, 5) is 24.4. The number of carbonyl (C=O) groups is 2. The Hall–Kier alpha value is -3.18. The van der Waals surface area contributed by atoms with Crippen LogP contribution >= 0.6 is 11.6 Å². The molecular formula is C20H14ClFN2O2. The van der Waals surface area contributed by atoms with Gasteiger partial charge in [0.15, 0.2) is 0 Å². The number of nitrogens with one attached hydrogen (secondary N) is 2. The van der Waals surface area contributed by atoms with E-state index in [9.17, 15) is 14.0 Å². The van der Waals surface area contributed by atoms with Gasteiger partial charge in [-0.1, -0.05) is 23.7 Å². The van der Waals surface area contributed by atoms with Crippen molar-refractivity contribution >= 4 is 34.8 Å². The van der Waals surface area contributed by atoms with Gasteiger partial charge in [-0.2, -0.15) is 0 Å². The second-order valence-electron chi connectivity index (χ2n) is 5.47. The predicted molar refractivity (Wildman–Crippen MR) is 100 cm³/mol. The van der Waals surface area contributed by atoms with E-state index in [1.807, 2.05) is 0 Å². The summed E-state index contributed by atoms with van der Waals surface area (Å²) in [7, 11) is 0. The molecule has 3 rings (SSSR count). The zero-order valence-electron chi connectivity index (χ0n) is 13.5. The molecule has 0 bridgehead atoms. The second kappa shape index (κ2) is 7.80. The predicted octanol–water partition coefficient (Wildman–Crippen LogP) is 4.98. The van der Waals surface area contributed by atoms with Crippen LogP contribution in [0.4, 0.5) is 15.8 Å². The van der Waals surface area contributed by atoms with Gasteiger partial charge in [-0.3, -0.25) is 9.59 Å². The van der Waals surface area contributed by atoms with Gasteiger partial charge in [0.25, 0.3) is 11.8 Å². The molecular weight excluding hydrogens is 355 g/mol. The van der Waals surface area contributed by atoms with Gasteiger partial charge < -0.3 is 10.6 Å². The van der Waals surface area contributed by atoms with Crippen molar-refractivity contribution in [3.8, 4) is 0 Å². The fourth-order valence-corrected chi connectivity index (χ4v) is 2.39. The summed E-state index contributed by atoms with van der Waals surface area (Å²) < 4.78 is 13.6. The standard InChI is InChI=1S/C20H14ClFN2O2/c21-15-9-11-16(12-10-15)23-19(25)13-5-7-14(8-6-13)20(26)24-18-4-2-1-3-17(18)22/h1-12H,(H,23,25)(H,24,26). The highest BCUT2D eigenvalue weighted by Gasteiger charge is 2.11. The van der Waals surface area contributed by atoms with Crippen molar-refractivity contribution in [3.05, 3.63) is 94.8 Å². The summed E-state index contributed by atoms with van der Waals surface area (Å²) >= 11 is 5.81. The van der Waals surface area contributed by atoms with Gasteiger partial charge in [-0.15, -0.1) is 0 Å². The maximum Gasteiger partial charge on any atom is 0.255 e. The summed E-state index contributed by atoms with van der Waals surface area (Å²) in [5.74, 6) is -1.28. The first kappa shape index (κ1) is 17.6. The van der Waals surface area contributed by atoms with Crippen molar-refractivity contribution in [1.29, 1.82) is 0 Å². The maximum atomic E-state index is 13.6. The minimum Gasteiger partial charge on any atom is -0.322 e. The molecule has 6 heteroatoms. The molecule has 0 saturated carbocycles. The van der Waals surface area contributed by atoms with Gasteiger partial charge >= 0.3 is 0 Å². The maximum absolute atomic E-state index is 13.6. The van der Waals surface area contributed by atoms with Crippen LogP contribution in [0.25, 0.3) is 0 Å². The average Bonchev–Trinajstić information content (AvgIpc) is 2.65. The van der Waals surface area contributed by atoms with Gasteiger partial charge in [0, 0.05) is 21.8 Å². The van der Waals surface area contributed by atoms with Gasteiger partial charge in [-0.25, -0.2) is 4.39 Å². The first-order valence-corrected chi connectivity index (χ1v) is 8.13. The van der Waals surface area contributed by atoms with Crippen molar-refractivity contribution in [1.82, 2.24) is 0 Å². The number of carbonyl (C=O) groups excluding carboxylic acids is 2. The molecule has 0 saturated heterocycles. The Morgan fingerprint density at radius 2 is 1.27 bits per heavy atom. The van der Waals surface area contributed by atoms with Crippen molar-refractivity contribution in [3.63, 3.8) is 0 Å². The molecule has 0 radical (unpaired) electrons. The molecule has 0 atom stereocenters. The summed E-state index contributed by atoms with van der Waals surface area (Å²) in [6.07, 6.45) is 0. The molecule has 130 valence electrons. The van der Waals surface area contributed by atoms with Crippen molar-refractivity contribution < 1.29 is 14.0 Å². The molecule has 0 heterocycles. The SMILES string of the molecule is O=C(Nc1ccc(Cl)cc1)c1ccc(C(=O)Nc2ccccc2F)cc1. The van der Waals surface area contributed by atoms with Crippen molar-refractivity contribution in [2.75, 3.05) is 10.6 Å². The van der Waals surface area contributed by atoms with Crippen LogP contribution in [0.5, 0.6) is 0 Å². The Bertz CT molecular complexity index is 941. The monoisotopic (exact) mass is 368 g/mol. The van der Waals surface area contributed by atoms with E-state index in [2.05, 4.69) is 10.6 Å². The van der Waals surface area contributed by atoms with Crippen LogP contribution in [0.2, 0.25) is 5.02 Å². The van der Waals surface area contributed by atoms with Gasteiger partial charge in [0.1, 0.15) is 5.82 Å². The van der Waals surface area contributed by atoms with Crippen LogP contribution in [0.3, 0.4) is 0 Å². The topological polar surface area (TPSA) is 58.2 Å². The van der Waals surface area contributed by atoms with Crippen LogP contribution < -0.4 is 10.6 Å². The zero-order valence-corrected chi connectivity index (χ0v) is 14.3. The molecule has 0 fully saturated rings. The average molecular weight is 369 g/mol. The number of rotatable bonds is 4. The van der Waals surface area contributed by atoms with Crippen LogP contribution in [0, 0.1) is 5.82 Å². The fraction of sp³-hybridized carbons (Fsp3) is 0. The highest BCUT2D eigenvalue weighted by atomic mass is 35.5. The summed E-state index contributed by atoms with van der Waals surface area (Å²) in [5, 5.41) is 5.80. The third-order valence-electron chi connectivity index (χ3n) is 3.63. The molecule has 0 unspecified atom stereocenters. The van der Waals surface area contributed by atoms with E-state index in [0.717, 1.165) is 0 Å². The number of hydrogen-bond donors (Lipinski definition) is 2. The highest BCUT2D eigenvalue weighted by Crippen LogP contribution is 2.16. The van der Waals surface area contributed by atoms with E-state index < -0.39 is 11.7 Å². The molecule has 0 spiro atoms. The van der Waals surface area contributed by atoms with E-state index in [1.54, 1.807) is 36.4 Å². The molecule has 0 aromatic heterocycles. The molecule has 2 amide bonds. The molecule has 3 aromatic carbocycles. The number of amides is 2. The quantitative estimate of drug-likeness (QED) is 0.682. The number of benzene rings is 3. The largest absolute Gasteiger partial charge is 0.322 e. The Morgan fingerprint density at radius 3 is 1.85 bits per heavy atom. The highest BCUT2D eigenvalue weighted by molar-refractivity contribution is 6.30. The normalized spacial score (nSPS) is 10.2. The lowest BCUT2D eigenvalue weighted by molar-refractivity contribution is 0.101. The first-order chi connectivity index (χ1) is 12.5. The molecule has 4 nitrogen and oxygen atoms in total. The number of anilines is 2. The molecule has 0 aliphatic carbocycles. The summed E-state index contributed by atoms with van der Waals surface area (Å²) in [6, 6.07) is 18.7. The smallest absolute Gasteiger partial charge is 0.255 e. The van der Waals surface area contributed by atoms with Crippen molar-refractivity contribution in [2.24, 2.45) is 0 Å². The van der Waals surface area contributed by atoms with E-state index in [1.165, 1.54) is 36.4 Å². The Kier molecular flexibility index (Phi) is 5.29. The fourth-order valence-electron chi connectivity index (χ4n) is 2.27. The summed E-state index contributed by atoms with van der Waals surface area (Å²) in [5.41, 5.74) is 1.42. The van der Waals surface area contributed by atoms with Gasteiger partial charge in [0.05, 0.1) is 5.69 Å². The Morgan fingerprint density at radius 1 is 0.731 bits per heavy atom. The van der Waals surface area contributed by atoms with Crippen LogP contribution in [0.1, 0.15) is 20.7 Å². The molecule has 3 aromatic rings. The molecule has 0 aliphatic heterocycles. The van der Waals surface area contributed by atoms with Crippen LogP contribution in [-0.2, 0) is 0 Å². The van der Waals surface area contributed by atoms with Gasteiger partial charge in [0.2, 0.25) is 0 Å². The van der Waals surface area contributed by atoms with E-state index >= 15 is 0 Å². The van der Waals surface area contributed by atoms with E-state index in [4.69, 9.17) is 11.6 Å². The van der Waals surface area contributed by atoms with Crippen LogP contribution in [0.15, 0.2) is 72.8 Å². The lowest BCUT2D eigenvalue weighted by atomic mass is 10.1. The van der Waals surface area contributed by atoms with E-state index in [-0.39, 0.29) is 11.6 Å². The third kappa shape index (κ3) is 4.26. The Labute approximate surface area is 154 Å². The minimum atomic E-state index is -0.514. The molecule has 26 heavy (non-hydrogen) atoms. The summed E-state index contributed by atoms with van der Waals surface area (Å²) in [6.45, 7) is 0. The number of halogens is 2. The lowest BCUT2D eigenvalue weighted by Gasteiger charge is -2.08. The lowest BCUT2D eigenvalue weighted by Crippen LogP contribution is -2.14. The number of para-hydroxylation sites is 1. The number of hydrogen-bond acceptors (Lipinski definition) is 2. The third-order valence-corrected chi connectivity index (χ3v) is 3.89. The molecule has 2 N–H and O–H groups in total. The van der Waals surface area contributed by atoms with Crippen LogP contribution in [-0.4, -0.2) is 11.8 Å². The Balaban J connectivity index is 1.67. The zero-order chi connectivity index (χ0) is 18.5. The van der Waals surface area contributed by atoms with E-state index in [0.29, 0.717) is 21.8 Å². The first-order valence-electron chi connectivity index (χ1n) is 7.76.